The van der Waals surface area contributed by atoms with E-state index in [1.54, 1.807) is 30.3 Å². The molecule has 1 aliphatic carbocycles. The Morgan fingerprint density at radius 3 is 2.50 bits per heavy atom. The zero-order valence-electron chi connectivity index (χ0n) is 21.0. The molecule has 4 aromatic rings. The van der Waals surface area contributed by atoms with Crippen LogP contribution in [0.1, 0.15) is 56.6 Å². The predicted molar refractivity (Wildman–Crippen MR) is 143 cm³/mol. The van der Waals surface area contributed by atoms with Crippen LogP contribution in [-0.2, 0) is 6.54 Å². The van der Waals surface area contributed by atoms with Gasteiger partial charge in [0.2, 0.25) is 0 Å². The van der Waals surface area contributed by atoms with Gasteiger partial charge in [-0.05, 0) is 60.8 Å². The molecule has 0 bridgehead atoms. The number of amides is 2. The van der Waals surface area contributed by atoms with Crippen LogP contribution < -0.4 is 16.8 Å². The van der Waals surface area contributed by atoms with Crippen LogP contribution in [-0.4, -0.2) is 39.6 Å². The first-order valence-corrected chi connectivity index (χ1v) is 12.4. The van der Waals surface area contributed by atoms with E-state index < -0.39 is 17.6 Å². The van der Waals surface area contributed by atoms with Crippen molar-refractivity contribution in [1.82, 2.24) is 14.7 Å². The van der Waals surface area contributed by atoms with Crippen LogP contribution in [0.25, 0.3) is 5.69 Å². The van der Waals surface area contributed by atoms with Gasteiger partial charge in [0.15, 0.2) is 5.69 Å². The summed E-state index contributed by atoms with van der Waals surface area (Å²) in [5.74, 6) is -1.99. The van der Waals surface area contributed by atoms with E-state index in [4.69, 9.17) is 11.5 Å². The molecule has 5 N–H and O–H groups in total. The van der Waals surface area contributed by atoms with Crippen molar-refractivity contribution in [2.45, 2.75) is 31.5 Å². The second kappa shape index (κ2) is 10.6. The lowest BCUT2D eigenvalue weighted by atomic mass is 9.96. The van der Waals surface area contributed by atoms with Gasteiger partial charge in [0.05, 0.1) is 17.4 Å². The van der Waals surface area contributed by atoms with Gasteiger partial charge in [0.25, 0.3) is 11.8 Å². The van der Waals surface area contributed by atoms with E-state index in [0.717, 1.165) is 29.5 Å². The number of primary amides is 1. The minimum Gasteiger partial charge on any atom is -0.364 e. The Balaban J connectivity index is 1.50. The van der Waals surface area contributed by atoms with Gasteiger partial charge in [-0.25, -0.2) is 9.07 Å². The van der Waals surface area contributed by atoms with Gasteiger partial charge in [0.1, 0.15) is 11.5 Å². The number of hydrogen-bond acceptors (Lipinski definition) is 5. The van der Waals surface area contributed by atoms with E-state index in [-0.39, 0.29) is 29.7 Å². The highest BCUT2D eigenvalue weighted by molar-refractivity contribution is 6.05. The minimum atomic E-state index is -0.783. The van der Waals surface area contributed by atoms with Crippen LogP contribution in [0.15, 0.2) is 78.9 Å². The van der Waals surface area contributed by atoms with Crippen molar-refractivity contribution >= 4 is 17.5 Å². The zero-order chi connectivity index (χ0) is 26.8. The third-order valence-electron chi connectivity index (χ3n) is 6.79. The molecule has 194 valence electrons. The van der Waals surface area contributed by atoms with Gasteiger partial charge in [-0.3, -0.25) is 14.5 Å². The number of carbonyl (C=O) groups excluding carboxylic acids is 2. The summed E-state index contributed by atoms with van der Waals surface area (Å²) < 4.78 is 16.3. The van der Waals surface area contributed by atoms with Crippen molar-refractivity contribution in [2.75, 3.05) is 12.4 Å². The van der Waals surface area contributed by atoms with Crippen LogP contribution in [0, 0.1) is 5.82 Å². The summed E-state index contributed by atoms with van der Waals surface area (Å²) in [5, 5.41) is 6.89. The Morgan fingerprint density at radius 1 is 1.05 bits per heavy atom. The van der Waals surface area contributed by atoms with Crippen molar-refractivity contribution in [2.24, 2.45) is 11.5 Å². The average molecular weight is 513 g/mol. The number of rotatable bonds is 9. The van der Waals surface area contributed by atoms with Gasteiger partial charge >= 0.3 is 0 Å². The first kappa shape index (κ1) is 25.3. The predicted octanol–water partition coefficient (Wildman–Crippen LogP) is 4.00. The maximum Gasteiger partial charge on any atom is 0.274 e. The zero-order valence-corrected chi connectivity index (χ0v) is 21.0. The number of anilines is 1. The summed E-state index contributed by atoms with van der Waals surface area (Å²) in [6.07, 6.45) is 2.23. The molecule has 1 unspecified atom stereocenters. The maximum atomic E-state index is 15.0. The number of carbonyl (C=O) groups is 2. The van der Waals surface area contributed by atoms with Crippen molar-refractivity contribution < 1.29 is 14.0 Å². The molecule has 0 radical (unpaired) electrons. The fourth-order valence-corrected chi connectivity index (χ4v) is 4.66. The Labute approximate surface area is 220 Å². The molecular formula is C29H29FN6O2. The summed E-state index contributed by atoms with van der Waals surface area (Å²) in [5.41, 5.74) is 14.5. The standard InChI is InChI=1S/C29H29FN6O2/c1-35(21-11-12-21)27(19-7-3-2-4-8-19)20-10-13-23(30)24(15-20)33-29(38)26-16-25(28(32)37)34-36(26)22-9-5-6-18(14-22)17-31/h2-10,13-16,21,27H,11-12,17,31H2,1H3,(H2,32,37)(H,33,38). The molecule has 1 aliphatic rings. The lowest BCUT2D eigenvalue weighted by Crippen LogP contribution is -2.28. The SMILES string of the molecule is CN(C1CC1)C(c1ccccc1)c1ccc(F)c(NC(=O)c2cc(C(N)=O)nn2-c2cccc(CN)c2)c1. The lowest BCUT2D eigenvalue weighted by molar-refractivity contribution is 0.0993. The van der Waals surface area contributed by atoms with E-state index >= 15 is 4.39 Å². The largest absolute Gasteiger partial charge is 0.364 e. The number of nitrogens with two attached hydrogens (primary N) is 2. The fourth-order valence-electron chi connectivity index (χ4n) is 4.66. The highest BCUT2D eigenvalue weighted by atomic mass is 19.1. The molecule has 1 aromatic heterocycles. The highest BCUT2D eigenvalue weighted by Crippen LogP contribution is 2.37. The van der Waals surface area contributed by atoms with E-state index in [0.29, 0.717) is 11.7 Å². The molecule has 1 saturated carbocycles. The van der Waals surface area contributed by atoms with E-state index in [1.807, 2.05) is 36.4 Å². The van der Waals surface area contributed by atoms with Crippen molar-refractivity contribution in [3.8, 4) is 5.69 Å². The Morgan fingerprint density at radius 2 is 1.82 bits per heavy atom. The average Bonchev–Trinajstić information content (AvgIpc) is 3.68. The first-order valence-electron chi connectivity index (χ1n) is 12.4. The lowest BCUT2D eigenvalue weighted by Gasteiger charge is -2.29. The number of aromatic nitrogens is 2. The summed E-state index contributed by atoms with van der Waals surface area (Å²) in [4.78, 5) is 27.6. The van der Waals surface area contributed by atoms with Crippen LogP contribution in [0.2, 0.25) is 0 Å². The summed E-state index contributed by atoms with van der Waals surface area (Å²) >= 11 is 0. The number of nitrogens with zero attached hydrogens (tertiary/aromatic N) is 3. The van der Waals surface area contributed by atoms with Gasteiger partial charge in [-0.1, -0.05) is 48.5 Å². The number of halogens is 1. The Kier molecular flexibility index (Phi) is 7.04. The molecule has 38 heavy (non-hydrogen) atoms. The van der Waals surface area contributed by atoms with Gasteiger partial charge in [-0.2, -0.15) is 5.10 Å². The molecule has 0 spiro atoms. The number of hydrogen-bond donors (Lipinski definition) is 3. The van der Waals surface area contributed by atoms with Crippen molar-refractivity contribution in [3.63, 3.8) is 0 Å². The van der Waals surface area contributed by atoms with E-state index in [1.165, 1.54) is 16.8 Å². The van der Waals surface area contributed by atoms with Crippen molar-refractivity contribution in [3.05, 3.63) is 113 Å². The molecule has 3 aromatic carbocycles. The van der Waals surface area contributed by atoms with Crippen LogP contribution in [0.5, 0.6) is 0 Å². The van der Waals surface area contributed by atoms with Gasteiger partial charge in [-0.15, -0.1) is 0 Å². The topological polar surface area (TPSA) is 119 Å². The second-order valence-electron chi connectivity index (χ2n) is 9.47. The molecule has 1 fully saturated rings. The summed E-state index contributed by atoms with van der Waals surface area (Å²) in [7, 11) is 2.07. The minimum absolute atomic E-state index is 0.0294. The molecule has 0 saturated heterocycles. The maximum absolute atomic E-state index is 15.0. The number of benzene rings is 3. The third-order valence-corrected chi connectivity index (χ3v) is 6.79. The van der Waals surface area contributed by atoms with Crippen LogP contribution in [0.4, 0.5) is 10.1 Å². The van der Waals surface area contributed by atoms with E-state index in [9.17, 15) is 9.59 Å². The molecule has 2 amide bonds. The van der Waals surface area contributed by atoms with E-state index in [2.05, 4.69) is 22.4 Å². The summed E-state index contributed by atoms with van der Waals surface area (Å²) in [6, 6.07) is 23.5. The number of nitrogens with one attached hydrogen (secondary N) is 1. The first-order chi connectivity index (χ1) is 18.4. The highest BCUT2D eigenvalue weighted by Gasteiger charge is 2.33. The van der Waals surface area contributed by atoms with Crippen LogP contribution in [0.3, 0.4) is 0 Å². The molecule has 8 nitrogen and oxygen atoms in total. The Bertz CT molecular complexity index is 1480. The quantitative estimate of drug-likeness (QED) is 0.313. The Hall–Kier alpha value is -4.34. The molecule has 1 heterocycles. The van der Waals surface area contributed by atoms with Gasteiger partial charge in [0, 0.05) is 18.7 Å². The monoisotopic (exact) mass is 512 g/mol. The third kappa shape index (κ3) is 5.20. The smallest absolute Gasteiger partial charge is 0.274 e. The summed E-state index contributed by atoms with van der Waals surface area (Å²) in [6.45, 7) is 0.287. The van der Waals surface area contributed by atoms with Crippen LogP contribution >= 0.6 is 0 Å². The second-order valence-corrected chi connectivity index (χ2v) is 9.47. The molecule has 9 heteroatoms. The van der Waals surface area contributed by atoms with Gasteiger partial charge < -0.3 is 16.8 Å². The fraction of sp³-hybridized carbons (Fsp3) is 0.207. The molecule has 5 rings (SSSR count). The molecule has 0 aliphatic heterocycles. The molecular weight excluding hydrogens is 483 g/mol. The normalized spacial score (nSPS) is 13.9. The van der Waals surface area contributed by atoms with Crippen molar-refractivity contribution in [1.29, 1.82) is 0 Å². The molecule has 1 atom stereocenters.